The normalized spacial score (nSPS) is 0. The molecule has 0 heterocycles. The van der Waals surface area contributed by atoms with Gasteiger partial charge < -0.3 is 0 Å². The van der Waals surface area contributed by atoms with Crippen LogP contribution >= 0.6 is 0 Å². The first-order valence-electron chi connectivity index (χ1n) is 0. The van der Waals surface area contributed by atoms with E-state index >= 15 is 0 Å². The van der Waals surface area contributed by atoms with Crippen molar-refractivity contribution in [2.45, 2.75) is 304 Å². The van der Waals surface area contributed by atoms with Crippen LogP contribution in [0.15, 0.2) is 0 Å². The van der Waals surface area contributed by atoms with E-state index in [0.29, 0.717) is 0 Å². The van der Waals surface area contributed by atoms with Crippen LogP contribution in [0.2, 0.25) is 0 Å². The molecule has 0 rings (SSSR count). The first kappa shape index (κ1) is 0. The Morgan fingerprint density at radius 1 is 0.0244 bits per heavy atom. The van der Waals surface area contributed by atoms with E-state index in [4.69, 9.17) is 0 Å². The highest BCUT2D eigenvalue weighted by atomic mass is 12.1. The lowest BCUT2D eigenvalue weighted by Gasteiger charge is -0.0786. The quantitative estimate of drug-likeness (QED) is 0.243. The molecule has 0 aromatic carbocycles. The summed E-state index contributed by atoms with van der Waals surface area (Å²) in [6.45, 7) is 0. The van der Waals surface area contributed by atoms with Crippen molar-refractivity contribution in [3.05, 3.63) is 0 Å². The van der Waals surface area contributed by atoms with Crippen LogP contribution in [0.5, 0.6) is 0 Å². The lowest BCUT2D eigenvalue weighted by Crippen LogP contribution is 0.143. The van der Waals surface area contributed by atoms with Gasteiger partial charge in [0.15, 0.2) is 0 Å². The summed E-state index contributed by atoms with van der Waals surface area (Å²) >= 11 is 0. The summed E-state index contributed by atoms with van der Waals surface area (Å²) in [6.07, 6.45) is 0. The smallest absolute Gasteiger partial charge is 0.0776 e. The molecule has 0 unspecified atom stereocenters. The van der Waals surface area contributed by atoms with Crippen molar-refractivity contribution in [2.75, 3.05) is 0 Å². The number of hydrogen-bond acceptors (Lipinski definition) is 0. The van der Waals surface area contributed by atoms with Gasteiger partial charge >= 0.3 is 0 Å². The van der Waals surface area contributed by atoms with Crippen molar-refractivity contribution in [1.82, 2.24) is 0 Å². The van der Waals surface area contributed by atoms with Crippen LogP contribution in [0.1, 0.15) is 304 Å². The highest BCUT2D eigenvalue weighted by Crippen LogP contribution is 0.184. The minimum Gasteiger partial charge on any atom is -0.0776 e. The first-order chi connectivity index (χ1) is 0. The minimum absolute atomic E-state index is 0. The van der Waals surface area contributed by atoms with Crippen LogP contribution in [0.25, 0.3) is 0 Å². The zero-order chi connectivity index (χ0) is 0. The predicted octanol–water partition coefficient (Wildman–Crippen LogP) is 26.1. The van der Waals surface area contributed by atoms with Crippen LogP contribution in [0.3, 0.4) is 0 Å². The standard InChI is InChI=1S/41CH4/h41*1H4. The molecule has 0 aromatic rings. The van der Waals surface area contributed by atoms with Crippen molar-refractivity contribution in [3.8, 4) is 0 Å². The molecule has 0 heteroatoms. The Hall–Kier alpha value is 0. The molecule has 0 atom stereocenters. The molecule has 0 bridgehead atoms. The van der Waals surface area contributed by atoms with E-state index in [-0.39, 0.29) is 304 Å². The fraction of sp³-hybridized carbons (Fsp3) is 1.00. The van der Waals surface area contributed by atoms with Crippen LogP contribution < -0.4 is 0 Å². The fourth-order valence-corrected chi connectivity index (χ4v) is 0. The molecule has 0 spiro atoms. The van der Waals surface area contributed by atoms with Crippen LogP contribution in [0.4, 0.5) is 0 Å². The van der Waals surface area contributed by atoms with Gasteiger partial charge in [-0.05, 0) is 0 Å². The van der Waals surface area contributed by atoms with E-state index in [1.165, 1.54) is 0 Å². The van der Waals surface area contributed by atoms with Crippen LogP contribution in [0, 0.1) is 0 Å². The van der Waals surface area contributed by atoms with Gasteiger partial charge in [0.2, 0.25) is 0 Å². The van der Waals surface area contributed by atoms with Crippen LogP contribution in [-0.2, 0) is 0 Å². The largest absolute Gasteiger partial charge is 0.0776 e. The summed E-state index contributed by atoms with van der Waals surface area (Å²) in [7, 11) is 0. The summed E-state index contributed by atoms with van der Waals surface area (Å²) in [5.74, 6) is 0. The highest BCUT2D eigenvalue weighted by Gasteiger charge is -0.0376. The maximum absolute atomic E-state index is 0. The van der Waals surface area contributed by atoms with E-state index in [9.17, 15) is 0 Å². The van der Waals surface area contributed by atoms with E-state index in [2.05, 4.69) is 0 Å². The fourth-order valence-electron chi connectivity index (χ4n) is 0. The molecule has 41 heavy (non-hydrogen) atoms. The van der Waals surface area contributed by atoms with E-state index in [1.807, 2.05) is 0 Å². The van der Waals surface area contributed by atoms with Gasteiger partial charge in [0.1, 0.15) is 0 Å². The van der Waals surface area contributed by atoms with Gasteiger partial charge in [0.25, 0.3) is 0 Å². The highest BCUT2D eigenvalue weighted by molar-refractivity contribution is 2.54. The van der Waals surface area contributed by atoms with Gasteiger partial charge in [0, 0.05) is 0 Å². The lowest BCUT2D eigenvalue weighted by atomic mass is 12.0. The molecule has 0 nitrogen and oxygen atoms in total. The summed E-state index contributed by atoms with van der Waals surface area (Å²) in [4.78, 5) is 0. The molecule has 0 saturated carbocycles. The summed E-state index contributed by atoms with van der Waals surface area (Å²) in [5.41, 5.74) is 0. The molecule has 328 valence electrons. The molecule has 0 fully saturated rings. The van der Waals surface area contributed by atoms with Crippen LogP contribution in [-0.4, -0.2) is 0 Å². The van der Waals surface area contributed by atoms with E-state index < -0.39 is 0 Å². The molecule has 0 aromatic heterocycles. The molecule has 0 amide bonds. The first-order valence-corrected chi connectivity index (χ1v) is 0. The second-order valence-electron chi connectivity index (χ2n) is 0. The Morgan fingerprint density at radius 2 is 0.0244 bits per heavy atom. The Kier molecular flexibility index (Phi) is 0. The molecular formula is C41H164. The van der Waals surface area contributed by atoms with Gasteiger partial charge in [-0.1, -0.05) is 304 Å². The van der Waals surface area contributed by atoms with Gasteiger partial charge in [-0.3, -0.25) is 0 Å². The number of hydrogen-bond donors (Lipinski definition) is 0. The molecular weight excluding hydrogens is 492 g/mol. The SMILES string of the molecule is C.C.C.C.C.C.C.C.C.C.C.C.C.C.C.C.C.C.C.C.C.C.C.C.C.C.C.C.C.C.C.C.C.C.C.C.C.C.C.C.C. The molecule has 0 N–H and O–H groups in total. The topological polar surface area (TPSA) is 0 Å². The third-order valence-electron chi connectivity index (χ3n) is 0. The Morgan fingerprint density at radius 3 is 0.0244 bits per heavy atom. The molecule has 0 aliphatic carbocycles. The van der Waals surface area contributed by atoms with Gasteiger partial charge in [-0.15, -0.1) is 0 Å². The van der Waals surface area contributed by atoms with Crippen molar-refractivity contribution in [2.24, 2.45) is 0 Å². The second kappa shape index (κ2) is 0. The molecule has 0 radical (unpaired) electrons. The maximum atomic E-state index is 0. The Bertz CT molecular complexity index is 0. The minimum atomic E-state index is 0. The summed E-state index contributed by atoms with van der Waals surface area (Å²) in [5, 5.41) is 0. The summed E-state index contributed by atoms with van der Waals surface area (Å²) in [6, 6.07) is 0. The van der Waals surface area contributed by atoms with Crippen molar-refractivity contribution in [1.29, 1.82) is 0 Å². The van der Waals surface area contributed by atoms with Crippen molar-refractivity contribution < 1.29 is 0 Å². The molecule has 0 saturated heterocycles. The predicted molar refractivity (Wildman–Crippen MR) is 276 cm³/mol. The summed E-state index contributed by atoms with van der Waals surface area (Å²) < 4.78 is 0. The van der Waals surface area contributed by atoms with E-state index in [0.717, 1.165) is 0 Å². The Labute approximate surface area is 304 Å². The van der Waals surface area contributed by atoms with Gasteiger partial charge in [-0.25, -0.2) is 0 Å². The third kappa shape index (κ3) is 0. The number of rotatable bonds is 0. The molecule has 0 aliphatic heterocycles. The third-order valence-corrected chi connectivity index (χ3v) is 0. The molecule has 0 aliphatic rings. The lowest BCUT2D eigenvalue weighted by molar-refractivity contribution is 2.50. The van der Waals surface area contributed by atoms with Crippen molar-refractivity contribution in [3.63, 3.8) is 0 Å². The van der Waals surface area contributed by atoms with Gasteiger partial charge in [-0.2, -0.15) is 0 Å². The van der Waals surface area contributed by atoms with Crippen molar-refractivity contribution >= 4 is 0 Å². The average Bonchev–Trinajstić information content (AvgIpc) is 0. The average molecular weight is 658 g/mol. The monoisotopic (exact) mass is 657 g/mol. The zero-order valence-corrected chi connectivity index (χ0v) is 0. The van der Waals surface area contributed by atoms with Gasteiger partial charge in [0.05, 0.1) is 0 Å². The zero-order valence-electron chi connectivity index (χ0n) is 0. The van der Waals surface area contributed by atoms with E-state index in [1.54, 1.807) is 0 Å². The second-order valence-corrected chi connectivity index (χ2v) is 0. The maximum Gasteiger partial charge on any atom is -0.0776 e. The Balaban J connectivity index is 0.